The lowest BCUT2D eigenvalue weighted by Crippen LogP contribution is -2.34. The first-order valence-corrected chi connectivity index (χ1v) is 13.3. The molecule has 5 rings (SSSR count). The van der Waals surface area contributed by atoms with E-state index in [1.165, 1.54) is 16.7 Å². The Kier molecular flexibility index (Phi) is 7.49. The first-order chi connectivity index (χ1) is 17.4. The summed E-state index contributed by atoms with van der Waals surface area (Å²) in [5.41, 5.74) is 6.35. The van der Waals surface area contributed by atoms with Gasteiger partial charge in [-0.15, -0.1) is 0 Å². The van der Waals surface area contributed by atoms with Gasteiger partial charge < -0.3 is 5.32 Å². The standard InChI is InChI=1S/C28H25BrCl2N4O/c1-18-4-6-19(7-5-18)3-2-11-34-12-9-25-22(17-34)21-14-23(29)24(30)15-26(21)35(25)28(36)33-16-20-8-10-32-27(31)13-20/h2-8,10,13-15H,9,11-12,16-17H2,1H3,(H,33,36)/b3-2+. The van der Waals surface area contributed by atoms with Crippen molar-refractivity contribution in [3.8, 4) is 0 Å². The zero-order chi connectivity index (χ0) is 25.2. The highest BCUT2D eigenvalue weighted by Crippen LogP contribution is 2.36. The number of carbonyl (C=O) groups excluding carboxylic acids is 1. The SMILES string of the molecule is Cc1ccc(/C=C/CN2CCc3c(c4cc(Br)c(Cl)cc4n3C(=O)NCc3ccnc(Cl)c3)C2)cc1. The normalized spacial score (nSPS) is 13.9. The van der Waals surface area contributed by atoms with Crippen molar-refractivity contribution < 1.29 is 4.79 Å². The second-order valence-electron chi connectivity index (χ2n) is 8.99. The van der Waals surface area contributed by atoms with E-state index in [9.17, 15) is 4.79 Å². The molecule has 1 aliphatic heterocycles. The molecule has 5 nitrogen and oxygen atoms in total. The van der Waals surface area contributed by atoms with Crippen LogP contribution in [0.1, 0.15) is 27.9 Å². The van der Waals surface area contributed by atoms with E-state index in [4.69, 9.17) is 23.2 Å². The second-order valence-corrected chi connectivity index (χ2v) is 10.6. The molecule has 4 aromatic rings. The van der Waals surface area contributed by atoms with Crippen LogP contribution in [-0.2, 0) is 19.5 Å². The third-order valence-corrected chi connectivity index (χ3v) is 7.86. The minimum Gasteiger partial charge on any atom is -0.333 e. The van der Waals surface area contributed by atoms with Crippen LogP contribution in [0.2, 0.25) is 10.2 Å². The molecule has 0 unspecified atom stereocenters. The zero-order valence-electron chi connectivity index (χ0n) is 19.8. The maximum absolute atomic E-state index is 13.4. The van der Waals surface area contributed by atoms with Crippen molar-refractivity contribution in [2.45, 2.75) is 26.4 Å². The van der Waals surface area contributed by atoms with Gasteiger partial charge in [0.15, 0.2) is 0 Å². The Morgan fingerprint density at radius 3 is 2.75 bits per heavy atom. The first-order valence-electron chi connectivity index (χ1n) is 11.7. The molecule has 184 valence electrons. The van der Waals surface area contributed by atoms with Crippen LogP contribution in [0.5, 0.6) is 0 Å². The summed E-state index contributed by atoms with van der Waals surface area (Å²) in [4.78, 5) is 19.8. The number of rotatable bonds is 5. The van der Waals surface area contributed by atoms with Gasteiger partial charge in [-0.25, -0.2) is 9.78 Å². The second kappa shape index (κ2) is 10.8. The van der Waals surface area contributed by atoms with Crippen LogP contribution in [0, 0.1) is 6.92 Å². The quantitative estimate of drug-likeness (QED) is 0.252. The largest absolute Gasteiger partial charge is 0.333 e. The summed E-state index contributed by atoms with van der Waals surface area (Å²) in [6, 6.07) is 15.8. The van der Waals surface area contributed by atoms with Gasteiger partial charge in [0.1, 0.15) is 5.15 Å². The molecule has 0 spiro atoms. The lowest BCUT2D eigenvalue weighted by molar-refractivity contribution is 0.240. The van der Waals surface area contributed by atoms with Gasteiger partial charge in [-0.05, 0) is 63.8 Å². The van der Waals surface area contributed by atoms with Gasteiger partial charge in [-0.3, -0.25) is 9.47 Å². The van der Waals surface area contributed by atoms with Crippen LogP contribution in [0.15, 0.2) is 65.3 Å². The number of pyridine rings is 1. The van der Waals surface area contributed by atoms with E-state index in [-0.39, 0.29) is 6.03 Å². The summed E-state index contributed by atoms with van der Waals surface area (Å²) < 4.78 is 2.60. The summed E-state index contributed by atoms with van der Waals surface area (Å²) in [6.45, 7) is 4.91. The van der Waals surface area contributed by atoms with E-state index in [2.05, 4.69) is 74.5 Å². The molecule has 8 heteroatoms. The van der Waals surface area contributed by atoms with E-state index < -0.39 is 0 Å². The van der Waals surface area contributed by atoms with Crippen molar-refractivity contribution in [3.63, 3.8) is 0 Å². The molecule has 2 aromatic heterocycles. The molecule has 1 aliphatic rings. The summed E-state index contributed by atoms with van der Waals surface area (Å²) in [5.74, 6) is 0. The van der Waals surface area contributed by atoms with Gasteiger partial charge in [-0.2, -0.15) is 0 Å². The van der Waals surface area contributed by atoms with Gasteiger partial charge in [0.2, 0.25) is 0 Å². The van der Waals surface area contributed by atoms with Crippen molar-refractivity contribution >= 4 is 62.1 Å². The number of fused-ring (bicyclic) bond motifs is 3. The van der Waals surface area contributed by atoms with Crippen molar-refractivity contribution in [2.24, 2.45) is 0 Å². The summed E-state index contributed by atoms with van der Waals surface area (Å²) in [7, 11) is 0. The van der Waals surface area contributed by atoms with Gasteiger partial charge in [0.25, 0.3) is 0 Å². The monoisotopic (exact) mass is 582 g/mol. The topological polar surface area (TPSA) is 50.2 Å². The van der Waals surface area contributed by atoms with Crippen LogP contribution >= 0.6 is 39.1 Å². The molecule has 1 amide bonds. The first kappa shape index (κ1) is 25.0. The Morgan fingerprint density at radius 1 is 1.17 bits per heavy atom. The molecular formula is C28H25BrCl2N4O. The number of nitrogens with one attached hydrogen (secondary N) is 1. The molecule has 0 aliphatic carbocycles. The number of benzene rings is 2. The van der Waals surface area contributed by atoms with Gasteiger partial charge in [0, 0.05) is 54.3 Å². The number of aryl methyl sites for hydroxylation is 1. The highest BCUT2D eigenvalue weighted by molar-refractivity contribution is 9.10. The lowest BCUT2D eigenvalue weighted by Gasteiger charge is -2.27. The molecule has 0 saturated carbocycles. The molecule has 0 bridgehead atoms. The number of nitrogens with zero attached hydrogens (tertiary/aromatic N) is 3. The fourth-order valence-corrected chi connectivity index (χ4v) is 5.31. The lowest BCUT2D eigenvalue weighted by atomic mass is 10.0. The predicted octanol–water partition coefficient (Wildman–Crippen LogP) is 7.24. The van der Waals surface area contributed by atoms with Crippen LogP contribution in [-0.4, -0.2) is 33.6 Å². The molecule has 0 atom stereocenters. The van der Waals surface area contributed by atoms with E-state index in [1.54, 1.807) is 16.8 Å². The average Bonchev–Trinajstić information content (AvgIpc) is 3.16. The summed E-state index contributed by atoms with van der Waals surface area (Å²) in [6.07, 6.45) is 6.77. The Hall–Kier alpha value is -2.64. The van der Waals surface area contributed by atoms with E-state index in [1.807, 2.05) is 18.2 Å². The summed E-state index contributed by atoms with van der Waals surface area (Å²) >= 11 is 16.0. The van der Waals surface area contributed by atoms with Gasteiger partial charge in [0.05, 0.1) is 10.5 Å². The Balaban J connectivity index is 1.40. The smallest absolute Gasteiger partial charge is 0.326 e. The Morgan fingerprint density at radius 2 is 1.97 bits per heavy atom. The average molecular weight is 584 g/mol. The maximum atomic E-state index is 13.4. The van der Waals surface area contributed by atoms with Crippen LogP contribution in [0.3, 0.4) is 0 Å². The number of halogens is 3. The molecule has 36 heavy (non-hydrogen) atoms. The van der Waals surface area contributed by atoms with E-state index >= 15 is 0 Å². The zero-order valence-corrected chi connectivity index (χ0v) is 22.9. The molecule has 1 N–H and O–H groups in total. The van der Waals surface area contributed by atoms with Crippen molar-refractivity contribution in [2.75, 3.05) is 13.1 Å². The number of hydrogen-bond acceptors (Lipinski definition) is 3. The number of amides is 1. The minimum atomic E-state index is -0.180. The minimum absolute atomic E-state index is 0.180. The number of carbonyl (C=O) groups is 1. The molecule has 0 saturated heterocycles. The molecule has 0 radical (unpaired) electrons. The molecular weight excluding hydrogens is 559 g/mol. The Labute approximate surface area is 228 Å². The summed E-state index contributed by atoms with van der Waals surface area (Å²) in [5, 5.41) is 5.04. The van der Waals surface area contributed by atoms with Crippen LogP contribution < -0.4 is 5.32 Å². The number of hydrogen-bond donors (Lipinski definition) is 1. The van der Waals surface area contributed by atoms with Crippen LogP contribution in [0.25, 0.3) is 17.0 Å². The fraction of sp³-hybridized carbons (Fsp3) is 0.214. The van der Waals surface area contributed by atoms with Gasteiger partial charge in [-0.1, -0.05) is 65.2 Å². The van der Waals surface area contributed by atoms with Crippen molar-refractivity contribution in [3.05, 3.63) is 103 Å². The van der Waals surface area contributed by atoms with Crippen molar-refractivity contribution in [1.29, 1.82) is 0 Å². The Bertz CT molecular complexity index is 1460. The molecule has 0 fully saturated rings. The predicted molar refractivity (Wildman–Crippen MR) is 151 cm³/mol. The third kappa shape index (κ3) is 5.37. The molecule has 2 aromatic carbocycles. The van der Waals surface area contributed by atoms with Crippen LogP contribution in [0.4, 0.5) is 4.79 Å². The highest BCUT2D eigenvalue weighted by atomic mass is 79.9. The van der Waals surface area contributed by atoms with Gasteiger partial charge >= 0.3 is 6.03 Å². The third-order valence-electron chi connectivity index (χ3n) is 6.46. The highest BCUT2D eigenvalue weighted by Gasteiger charge is 2.27. The molecule has 3 heterocycles. The van der Waals surface area contributed by atoms with E-state index in [0.29, 0.717) is 16.7 Å². The van der Waals surface area contributed by atoms with Crippen molar-refractivity contribution in [1.82, 2.24) is 19.8 Å². The number of aromatic nitrogens is 2. The fourth-order valence-electron chi connectivity index (χ4n) is 4.62. The van der Waals surface area contributed by atoms with E-state index in [0.717, 1.165) is 52.7 Å². The maximum Gasteiger partial charge on any atom is 0.326 e.